The van der Waals surface area contributed by atoms with Gasteiger partial charge < -0.3 is 19.2 Å². The molecule has 0 aliphatic carbocycles. The lowest BCUT2D eigenvalue weighted by Crippen LogP contribution is -2.21. The predicted molar refractivity (Wildman–Crippen MR) is 108 cm³/mol. The van der Waals surface area contributed by atoms with Gasteiger partial charge in [0.1, 0.15) is 11.5 Å². The smallest absolute Gasteiger partial charge is 0.291 e. The molecule has 29 heavy (non-hydrogen) atoms. The molecule has 1 aromatic heterocycles. The molecule has 0 unspecified atom stereocenters. The Morgan fingerprint density at radius 2 is 1.83 bits per heavy atom. The van der Waals surface area contributed by atoms with E-state index in [0.29, 0.717) is 22.7 Å². The van der Waals surface area contributed by atoms with Crippen molar-refractivity contribution in [2.24, 2.45) is 5.10 Å². The Bertz CT molecular complexity index is 1030. The molecule has 0 spiro atoms. The molecule has 3 rings (SSSR count). The van der Waals surface area contributed by atoms with E-state index >= 15 is 0 Å². The van der Waals surface area contributed by atoms with Crippen LogP contribution < -0.4 is 20.2 Å². The van der Waals surface area contributed by atoms with Crippen molar-refractivity contribution in [2.75, 3.05) is 19.5 Å². The summed E-state index contributed by atoms with van der Waals surface area (Å²) in [5.41, 5.74) is 3.70. The van der Waals surface area contributed by atoms with Crippen LogP contribution in [0.15, 0.2) is 70.4 Å². The minimum atomic E-state index is -0.482. The highest BCUT2D eigenvalue weighted by Gasteiger charge is 2.15. The normalized spacial score (nSPS) is 10.6. The monoisotopic (exact) mass is 393 g/mol. The molecule has 2 aromatic carbocycles. The first-order valence-electron chi connectivity index (χ1n) is 8.61. The number of furan rings is 1. The largest absolute Gasteiger partial charge is 0.497 e. The Morgan fingerprint density at radius 1 is 1.00 bits per heavy atom. The maximum absolute atomic E-state index is 12.5. The number of carbonyl (C=O) groups is 2. The zero-order valence-electron chi connectivity index (χ0n) is 15.8. The van der Waals surface area contributed by atoms with Crippen molar-refractivity contribution in [3.8, 4) is 11.5 Å². The van der Waals surface area contributed by atoms with E-state index in [1.165, 1.54) is 25.7 Å². The lowest BCUT2D eigenvalue weighted by Gasteiger charge is -2.09. The van der Waals surface area contributed by atoms with Gasteiger partial charge in [0.25, 0.3) is 11.8 Å². The van der Waals surface area contributed by atoms with Crippen LogP contribution in [0.4, 0.5) is 5.69 Å². The van der Waals surface area contributed by atoms with Gasteiger partial charge >= 0.3 is 0 Å². The summed E-state index contributed by atoms with van der Waals surface area (Å²) in [4.78, 5) is 24.7. The number of nitrogens with zero attached hydrogens (tertiary/aromatic N) is 1. The fourth-order valence-corrected chi connectivity index (χ4v) is 2.53. The zero-order valence-corrected chi connectivity index (χ0v) is 15.8. The lowest BCUT2D eigenvalue weighted by molar-refractivity contribution is 0.0956. The van der Waals surface area contributed by atoms with Gasteiger partial charge in [-0.3, -0.25) is 9.59 Å². The van der Waals surface area contributed by atoms with E-state index in [1.807, 2.05) is 0 Å². The first-order chi connectivity index (χ1) is 14.1. The van der Waals surface area contributed by atoms with Crippen LogP contribution in [0.25, 0.3) is 0 Å². The number of methoxy groups -OCH3 is 2. The van der Waals surface area contributed by atoms with Crippen LogP contribution in [0.5, 0.6) is 11.5 Å². The second-order valence-corrected chi connectivity index (χ2v) is 5.78. The molecule has 8 heteroatoms. The van der Waals surface area contributed by atoms with Crippen molar-refractivity contribution >= 4 is 23.7 Å². The van der Waals surface area contributed by atoms with Gasteiger partial charge in [-0.15, -0.1) is 0 Å². The minimum Gasteiger partial charge on any atom is -0.497 e. The molecule has 8 nitrogen and oxygen atoms in total. The summed E-state index contributed by atoms with van der Waals surface area (Å²) in [6, 6.07) is 15.0. The van der Waals surface area contributed by atoms with Gasteiger partial charge in [0.05, 0.1) is 37.9 Å². The molecule has 0 aliphatic heterocycles. The third-order valence-electron chi connectivity index (χ3n) is 3.98. The molecular weight excluding hydrogens is 374 g/mol. The first kappa shape index (κ1) is 19.7. The molecule has 2 amide bonds. The molecule has 0 saturated carbocycles. The number of ether oxygens (including phenoxy) is 2. The van der Waals surface area contributed by atoms with Crippen molar-refractivity contribution in [3.05, 3.63) is 77.7 Å². The van der Waals surface area contributed by atoms with Crippen LogP contribution in [0.3, 0.4) is 0 Å². The van der Waals surface area contributed by atoms with E-state index in [1.54, 1.807) is 55.6 Å². The van der Waals surface area contributed by atoms with Crippen LogP contribution in [-0.2, 0) is 0 Å². The number of benzene rings is 2. The topological polar surface area (TPSA) is 102 Å². The molecule has 0 saturated heterocycles. The van der Waals surface area contributed by atoms with E-state index in [2.05, 4.69) is 15.8 Å². The van der Waals surface area contributed by atoms with Gasteiger partial charge in [-0.05, 0) is 36.4 Å². The number of amides is 2. The average Bonchev–Trinajstić information content (AvgIpc) is 3.29. The highest BCUT2D eigenvalue weighted by molar-refractivity contribution is 6.08. The molecule has 0 fully saturated rings. The van der Waals surface area contributed by atoms with Crippen LogP contribution in [-0.4, -0.2) is 32.2 Å². The molecule has 148 valence electrons. The highest BCUT2D eigenvalue weighted by Crippen LogP contribution is 2.23. The van der Waals surface area contributed by atoms with Crippen molar-refractivity contribution < 1.29 is 23.5 Å². The molecule has 0 bridgehead atoms. The summed E-state index contributed by atoms with van der Waals surface area (Å²) in [6.07, 6.45) is 2.86. The predicted octanol–water partition coefficient (Wildman–Crippen LogP) is 3.31. The van der Waals surface area contributed by atoms with Crippen LogP contribution in [0, 0.1) is 0 Å². The van der Waals surface area contributed by atoms with E-state index in [0.717, 1.165) is 0 Å². The summed E-state index contributed by atoms with van der Waals surface area (Å²) < 4.78 is 15.5. The minimum absolute atomic E-state index is 0.143. The summed E-state index contributed by atoms with van der Waals surface area (Å²) in [5, 5.41) is 6.63. The zero-order chi connectivity index (χ0) is 20.6. The second-order valence-electron chi connectivity index (χ2n) is 5.78. The Balaban J connectivity index is 1.71. The summed E-state index contributed by atoms with van der Waals surface area (Å²) in [5.74, 6) is 0.397. The summed E-state index contributed by atoms with van der Waals surface area (Å²) >= 11 is 0. The highest BCUT2D eigenvalue weighted by atomic mass is 16.5. The average molecular weight is 393 g/mol. The Morgan fingerprint density at radius 3 is 2.55 bits per heavy atom. The maximum atomic E-state index is 12.5. The number of hydrazone groups is 1. The van der Waals surface area contributed by atoms with Crippen LogP contribution in [0.1, 0.15) is 26.5 Å². The summed E-state index contributed by atoms with van der Waals surface area (Å²) in [6.45, 7) is 0. The third-order valence-corrected chi connectivity index (χ3v) is 3.98. The van der Waals surface area contributed by atoms with Crippen molar-refractivity contribution in [1.29, 1.82) is 0 Å². The maximum Gasteiger partial charge on any atom is 0.291 e. The number of carbonyl (C=O) groups excluding carboxylic acids is 2. The number of nitrogens with one attached hydrogen (secondary N) is 2. The molecule has 1 heterocycles. The van der Waals surface area contributed by atoms with E-state index in [9.17, 15) is 9.59 Å². The summed E-state index contributed by atoms with van der Waals surface area (Å²) in [7, 11) is 3.09. The first-order valence-corrected chi connectivity index (χ1v) is 8.61. The lowest BCUT2D eigenvalue weighted by atomic mass is 10.1. The van der Waals surface area contributed by atoms with Gasteiger partial charge in [-0.2, -0.15) is 5.10 Å². The van der Waals surface area contributed by atoms with E-state index in [-0.39, 0.29) is 11.3 Å². The molecule has 0 radical (unpaired) electrons. The quantitative estimate of drug-likeness (QED) is 0.474. The number of rotatable bonds is 7. The van der Waals surface area contributed by atoms with Crippen molar-refractivity contribution in [3.63, 3.8) is 0 Å². The second kappa shape index (κ2) is 9.23. The number of anilines is 1. The Hall–Kier alpha value is -4.07. The number of hydrogen-bond acceptors (Lipinski definition) is 6. The van der Waals surface area contributed by atoms with Crippen LogP contribution in [0.2, 0.25) is 0 Å². The molecular formula is C21H19N3O5. The van der Waals surface area contributed by atoms with Gasteiger partial charge in [-0.1, -0.05) is 12.1 Å². The Kier molecular flexibility index (Phi) is 6.26. The molecule has 0 atom stereocenters. The van der Waals surface area contributed by atoms with Crippen LogP contribution >= 0.6 is 0 Å². The fraction of sp³-hybridized carbons (Fsp3) is 0.0952. The van der Waals surface area contributed by atoms with Gasteiger partial charge in [0.2, 0.25) is 0 Å². The van der Waals surface area contributed by atoms with E-state index < -0.39 is 11.8 Å². The van der Waals surface area contributed by atoms with Crippen molar-refractivity contribution in [2.45, 2.75) is 0 Å². The number of para-hydroxylation sites is 1. The van der Waals surface area contributed by atoms with Gasteiger partial charge in [0, 0.05) is 11.6 Å². The van der Waals surface area contributed by atoms with Gasteiger partial charge in [0.15, 0.2) is 5.76 Å². The van der Waals surface area contributed by atoms with Crippen molar-refractivity contribution in [1.82, 2.24) is 5.43 Å². The Labute approximate surface area is 167 Å². The standard InChI is InChI=1S/C21H19N3O5/c1-27-15-10-9-14(19(12-15)28-2)13-22-24-20(25)16-6-3-4-7-17(16)23-21(26)18-8-5-11-29-18/h3-13H,1-2H3,(H,23,26)(H,24,25)/b22-13+. The van der Waals surface area contributed by atoms with E-state index in [4.69, 9.17) is 13.9 Å². The SMILES string of the molecule is COc1ccc(/C=N/NC(=O)c2ccccc2NC(=O)c2ccco2)c(OC)c1. The van der Waals surface area contributed by atoms with Gasteiger partial charge in [-0.25, -0.2) is 5.43 Å². The third kappa shape index (κ3) is 4.81. The molecule has 2 N–H and O–H groups in total. The fourth-order valence-electron chi connectivity index (χ4n) is 2.53. The number of hydrogen-bond donors (Lipinski definition) is 2. The molecule has 0 aliphatic rings. The molecule has 3 aromatic rings.